The number of aromatic nitrogens is 5. The van der Waals surface area contributed by atoms with Gasteiger partial charge in [-0.1, -0.05) is 23.2 Å². The largest absolute Gasteiger partial charge is 0.384 e. The maximum Gasteiger partial charge on any atom is 0.267 e. The van der Waals surface area contributed by atoms with E-state index in [0.29, 0.717) is 5.69 Å². The normalized spacial score (nSPS) is 12.1. The summed E-state index contributed by atoms with van der Waals surface area (Å²) < 4.78 is 15.8. The van der Waals surface area contributed by atoms with Gasteiger partial charge in [0.1, 0.15) is 33.8 Å². The molecule has 10 nitrogen and oxygen atoms in total. The van der Waals surface area contributed by atoms with Gasteiger partial charge >= 0.3 is 0 Å². The van der Waals surface area contributed by atoms with Gasteiger partial charge in [-0.15, -0.1) is 0 Å². The smallest absolute Gasteiger partial charge is 0.267 e. The summed E-state index contributed by atoms with van der Waals surface area (Å²) in [6.45, 7) is 1.67. The van der Waals surface area contributed by atoms with Gasteiger partial charge in [-0.25, -0.2) is 14.4 Å². The second-order valence-corrected chi connectivity index (χ2v) is 7.59. The Morgan fingerprint density at radius 2 is 1.84 bits per heavy atom. The van der Waals surface area contributed by atoms with E-state index in [9.17, 15) is 9.18 Å². The Morgan fingerprint density at radius 3 is 2.53 bits per heavy atom. The van der Waals surface area contributed by atoms with E-state index in [-0.39, 0.29) is 50.2 Å². The molecule has 4 aromatic rings. The zero-order valence-corrected chi connectivity index (χ0v) is 18.0. The molecule has 0 radical (unpaired) electrons. The Bertz CT molecular complexity index is 1410. The minimum atomic E-state index is -0.728. The number of anilines is 4. The predicted octanol–water partition coefficient (Wildman–Crippen LogP) is 2.94. The van der Waals surface area contributed by atoms with Crippen molar-refractivity contribution < 1.29 is 4.39 Å². The lowest BCUT2D eigenvalue weighted by atomic mass is 10.2. The molecule has 0 fully saturated rings. The van der Waals surface area contributed by atoms with Crippen molar-refractivity contribution in [1.29, 1.82) is 0 Å². The van der Waals surface area contributed by atoms with E-state index in [1.165, 1.54) is 22.9 Å². The Hall–Kier alpha value is -3.70. The summed E-state index contributed by atoms with van der Waals surface area (Å²) in [6, 6.07) is 4.80. The van der Waals surface area contributed by atoms with E-state index >= 15 is 0 Å². The molecule has 0 aliphatic heterocycles. The van der Waals surface area contributed by atoms with E-state index in [1.54, 1.807) is 13.0 Å². The second kappa shape index (κ2) is 8.09. The van der Waals surface area contributed by atoms with Crippen molar-refractivity contribution in [1.82, 2.24) is 24.5 Å². The molecule has 32 heavy (non-hydrogen) atoms. The van der Waals surface area contributed by atoms with E-state index in [4.69, 9.17) is 40.4 Å². The van der Waals surface area contributed by atoms with Crippen molar-refractivity contribution in [3.05, 3.63) is 62.5 Å². The van der Waals surface area contributed by atoms with Gasteiger partial charge in [0.25, 0.3) is 5.56 Å². The maximum absolute atomic E-state index is 14.6. The number of nitrogens with two attached hydrogens (primary N) is 3. The third-order valence-corrected chi connectivity index (χ3v) is 5.30. The molecule has 4 rings (SSSR count). The number of pyridine rings is 1. The number of nitrogens with zero attached hydrogens (tertiary/aromatic N) is 5. The van der Waals surface area contributed by atoms with Crippen LogP contribution in [0.2, 0.25) is 10.0 Å². The number of hydrogen-bond donors (Lipinski definition) is 4. The Labute approximate surface area is 190 Å². The van der Waals surface area contributed by atoms with Crippen LogP contribution in [0.4, 0.5) is 27.8 Å². The van der Waals surface area contributed by atoms with E-state index in [2.05, 4.69) is 25.3 Å². The first-order valence-corrected chi connectivity index (χ1v) is 9.90. The summed E-state index contributed by atoms with van der Waals surface area (Å²) >= 11 is 12.4. The molecule has 0 bridgehead atoms. The maximum atomic E-state index is 14.6. The topological polar surface area (TPSA) is 164 Å². The zero-order chi connectivity index (χ0) is 23.2. The number of halogens is 3. The first-order valence-electron chi connectivity index (χ1n) is 9.15. The minimum absolute atomic E-state index is 0.0294. The van der Waals surface area contributed by atoms with Crippen LogP contribution in [0.1, 0.15) is 18.8 Å². The summed E-state index contributed by atoms with van der Waals surface area (Å²) in [4.78, 5) is 29.7. The predicted molar refractivity (Wildman–Crippen MR) is 122 cm³/mol. The van der Waals surface area contributed by atoms with Gasteiger partial charge in [0.2, 0.25) is 5.95 Å². The van der Waals surface area contributed by atoms with Crippen molar-refractivity contribution in [2.45, 2.75) is 13.0 Å². The van der Waals surface area contributed by atoms with Gasteiger partial charge in [0.05, 0.1) is 28.3 Å². The number of rotatable bonds is 4. The van der Waals surface area contributed by atoms with E-state index < -0.39 is 17.4 Å². The van der Waals surface area contributed by atoms with Crippen molar-refractivity contribution in [3.63, 3.8) is 0 Å². The highest BCUT2D eigenvalue weighted by Gasteiger charge is 2.23. The van der Waals surface area contributed by atoms with Gasteiger partial charge in [-0.2, -0.15) is 9.97 Å². The lowest BCUT2D eigenvalue weighted by Crippen LogP contribution is -2.28. The van der Waals surface area contributed by atoms with Crippen LogP contribution >= 0.6 is 23.2 Å². The Balaban J connectivity index is 1.97. The molecule has 0 aliphatic rings. The first-order chi connectivity index (χ1) is 15.2. The first kappa shape index (κ1) is 21.5. The van der Waals surface area contributed by atoms with Crippen molar-refractivity contribution in [2.75, 3.05) is 22.5 Å². The molecular formula is C19H16Cl2FN9O. The molecule has 0 saturated carbocycles. The molecule has 0 spiro atoms. The third kappa shape index (κ3) is 3.72. The number of benzene rings is 1. The lowest BCUT2D eigenvalue weighted by molar-refractivity contribution is 0.632. The molecule has 13 heteroatoms. The SMILES string of the molecule is CC(Nc1nc(N)nc(N)c1Cl)c1nc2c(F)ccc(Cl)c2c(=O)n1-c1ccc(N)nc1. The van der Waals surface area contributed by atoms with Crippen LogP contribution in [-0.2, 0) is 0 Å². The molecule has 1 atom stereocenters. The summed E-state index contributed by atoms with van der Waals surface area (Å²) in [5, 5.41) is 3.00. The highest BCUT2D eigenvalue weighted by Crippen LogP contribution is 2.30. The average molecular weight is 476 g/mol. The molecule has 1 aromatic carbocycles. The third-order valence-electron chi connectivity index (χ3n) is 4.61. The molecule has 0 amide bonds. The molecule has 164 valence electrons. The number of hydrogen-bond acceptors (Lipinski definition) is 9. The monoisotopic (exact) mass is 475 g/mol. The minimum Gasteiger partial charge on any atom is -0.384 e. The quantitative estimate of drug-likeness (QED) is 0.347. The molecule has 1 unspecified atom stereocenters. The molecule has 0 saturated heterocycles. The van der Waals surface area contributed by atoms with E-state index in [0.717, 1.165) is 6.07 Å². The fraction of sp³-hybridized carbons (Fsp3) is 0.105. The fourth-order valence-corrected chi connectivity index (χ4v) is 3.52. The van der Waals surface area contributed by atoms with Crippen LogP contribution in [-0.4, -0.2) is 24.5 Å². The number of nitrogens with one attached hydrogen (secondary N) is 1. The molecule has 3 aromatic heterocycles. The van der Waals surface area contributed by atoms with Gasteiger partial charge in [0.15, 0.2) is 5.82 Å². The second-order valence-electron chi connectivity index (χ2n) is 6.80. The van der Waals surface area contributed by atoms with Gasteiger partial charge < -0.3 is 22.5 Å². The van der Waals surface area contributed by atoms with Crippen LogP contribution < -0.4 is 28.1 Å². The summed E-state index contributed by atoms with van der Waals surface area (Å²) in [6.07, 6.45) is 1.39. The van der Waals surface area contributed by atoms with Crippen LogP contribution in [0.25, 0.3) is 16.6 Å². The molecule has 7 N–H and O–H groups in total. The molecule has 0 aliphatic carbocycles. The summed E-state index contributed by atoms with van der Waals surface area (Å²) in [5.74, 6) is -0.337. The van der Waals surface area contributed by atoms with Crippen molar-refractivity contribution in [2.24, 2.45) is 0 Å². The zero-order valence-electron chi connectivity index (χ0n) is 16.5. The molecule has 3 heterocycles. The molecular weight excluding hydrogens is 460 g/mol. The summed E-state index contributed by atoms with van der Waals surface area (Å²) in [7, 11) is 0. The standard InChI is InChI=1S/C19H16Cl2FN9O/c1-7(27-16-13(21)15(24)29-19(25)30-16)17-28-14-10(22)4-3-9(20)12(14)18(32)31(17)8-2-5-11(23)26-6-8/h2-7H,1H3,(H2,23,26)(H5,24,25,27,29,30). The highest BCUT2D eigenvalue weighted by molar-refractivity contribution is 6.35. The lowest BCUT2D eigenvalue weighted by Gasteiger charge is -2.21. The fourth-order valence-electron chi connectivity index (χ4n) is 3.15. The highest BCUT2D eigenvalue weighted by atomic mass is 35.5. The van der Waals surface area contributed by atoms with Crippen LogP contribution in [0.5, 0.6) is 0 Å². The van der Waals surface area contributed by atoms with Crippen molar-refractivity contribution >= 4 is 57.5 Å². The van der Waals surface area contributed by atoms with Crippen molar-refractivity contribution in [3.8, 4) is 5.69 Å². The van der Waals surface area contributed by atoms with E-state index in [1.807, 2.05) is 0 Å². The van der Waals surface area contributed by atoms with Gasteiger partial charge in [-0.05, 0) is 31.2 Å². The van der Waals surface area contributed by atoms with Gasteiger partial charge in [0, 0.05) is 0 Å². The summed E-state index contributed by atoms with van der Waals surface area (Å²) in [5.41, 5.74) is 16.6. The van der Waals surface area contributed by atoms with Gasteiger partial charge in [-0.3, -0.25) is 9.36 Å². The van der Waals surface area contributed by atoms with Crippen LogP contribution in [0.3, 0.4) is 0 Å². The number of fused-ring (bicyclic) bond motifs is 1. The average Bonchev–Trinajstić information content (AvgIpc) is 2.74. The number of nitrogen functional groups attached to an aromatic ring is 3. The van der Waals surface area contributed by atoms with Crippen LogP contribution in [0.15, 0.2) is 35.3 Å². The Morgan fingerprint density at radius 1 is 1.09 bits per heavy atom. The Kier molecular flexibility index (Phi) is 5.45. The van der Waals surface area contributed by atoms with Crippen LogP contribution in [0, 0.1) is 5.82 Å².